The van der Waals surface area contributed by atoms with Crippen LogP contribution in [0.2, 0.25) is 5.02 Å². The number of hydrogen-bond acceptors (Lipinski definition) is 6. The predicted molar refractivity (Wildman–Crippen MR) is 135 cm³/mol. The summed E-state index contributed by atoms with van der Waals surface area (Å²) < 4.78 is 14.5. The Morgan fingerprint density at radius 3 is 2.82 bits per heavy atom. The Kier molecular flexibility index (Phi) is 5.78. The number of carbonyl (C=O) groups is 1. The molecule has 9 heteroatoms. The van der Waals surface area contributed by atoms with Crippen molar-refractivity contribution in [3.63, 3.8) is 0 Å². The monoisotopic (exact) mass is 497 g/mol. The van der Waals surface area contributed by atoms with E-state index in [-0.39, 0.29) is 27.5 Å². The highest BCUT2D eigenvalue weighted by Crippen LogP contribution is 2.41. The summed E-state index contributed by atoms with van der Waals surface area (Å²) in [6.07, 6.45) is 2.47. The Balaban J connectivity index is 1.42. The molecule has 0 bridgehead atoms. The Morgan fingerprint density at radius 1 is 1.26 bits per heavy atom. The number of anilines is 3. The van der Waals surface area contributed by atoms with Gasteiger partial charge in [0.25, 0.3) is 5.91 Å². The van der Waals surface area contributed by atoms with Gasteiger partial charge in [-0.15, -0.1) is 0 Å². The summed E-state index contributed by atoms with van der Waals surface area (Å²) in [5, 5.41) is 3.63. The molecule has 2 aromatic carbocycles. The largest absolute Gasteiger partial charge is 0.324 e. The molecule has 5 rings (SSSR count). The van der Waals surface area contributed by atoms with E-state index in [0.29, 0.717) is 16.5 Å². The van der Waals surface area contributed by atoms with Crippen LogP contribution in [0.3, 0.4) is 0 Å². The number of carbonyl (C=O) groups excluding carboxylic acids is 1. The van der Waals surface area contributed by atoms with Gasteiger partial charge in [-0.25, -0.2) is 14.4 Å². The molecule has 1 unspecified atom stereocenters. The maximum Gasteiger partial charge on any atom is 0.263 e. The smallest absolute Gasteiger partial charge is 0.263 e. The second-order valence-electron chi connectivity index (χ2n) is 9.10. The summed E-state index contributed by atoms with van der Waals surface area (Å²) in [4.78, 5) is 25.9. The normalized spacial score (nSPS) is 19.5. The standard InChI is InChI=1S/C25H25ClFN5OS/c1-14-32(21-19(26)6-5-7-20(21)27)23(33)17-13-28-24(30-22(17)34-14)29-16-8-9-18-15(12-16)10-11-31(4)25(18,2)3/h5-9,12-14H,10-11H2,1-4H3,(H,28,29,30). The summed E-state index contributed by atoms with van der Waals surface area (Å²) in [5.74, 6) is -0.506. The Bertz CT molecular complexity index is 1280. The van der Waals surface area contributed by atoms with Gasteiger partial charge in [-0.1, -0.05) is 35.5 Å². The zero-order valence-electron chi connectivity index (χ0n) is 19.4. The molecule has 1 aromatic heterocycles. The van der Waals surface area contributed by atoms with Crippen LogP contribution in [0.25, 0.3) is 0 Å². The fourth-order valence-corrected chi connectivity index (χ4v) is 5.84. The molecule has 0 saturated carbocycles. The number of fused-ring (bicyclic) bond motifs is 2. The number of likely N-dealkylation sites (N-methyl/N-ethyl adjacent to an activating group) is 1. The molecule has 1 amide bonds. The third-order valence-corrected chi connectivity index (χ3v) is 8.11. The maximum absolute atomic E-state index is 14.5. The van der Waals surface area contributed by atoms with Gasteiger partial charge in [0.1, 0.15) is 10.8 Å². The van der Waals surface area contributed by atoms with Crippen LogP contribution in [0.4, 0.5) is 21.7 Å². The van der Waals surface area contributed by atoms with E-state index < -0.39 is 5.82 Å². The molecular formula is C25H25ClFN5OS. The first-order valence-corrected chi connectivity index (χ1v) is 12.4. The summed E-state index contributed by atoms with van der Waals surface area (Å²) in [6, 6.07) is 10.7. The molecule has 0 fully saturated rings. The summed E-state index contributed by atoms with van der Waals surface area (Å²) in [7, 11) is 2.15. The fourth-order valence-electron chi connectivity index (χ4n) is 4.55. The molecule has 3 aromatic rings. The highest BCUT2D eigenvalue weighted by atomic mass is 35.5. The molecule has 34 heavy (non-hydrogen) atoms. The molecule has 2 aliphatic rings. The molecule has 0 radical (unpaired) electrons. The minimum absolute atomic E-state index is 0.0193. The molecular weight excluding hydrogens is 473 g/mol. The number of aromatic nitrogens is 2. The Labute approximate surface area is 207 Å². The van der Waals surface area contributed by atoms with Gasteiger partial charge in [0.15, 0.2) is 0 Å². The van der Waals surface area contributed by atoms with Gasteiger partial charge in [0.05, 0.1) is 21.6 Å². The van der Waals surface area contributed by atoms with Gasteiger partial charge in [0.2, 0.25) is 5.95 Å². The summed E-state index contributed by atoms with van der Waals surface area (Å²) in [6.45, 7) is 7.29. The van der Waals surface area contributed by atoms with Gasteiger partial charge in [-0.05, 0) is 69.6 Å². The lowest BCUT2D eigenvalue weighted by atomic mass is 9.83. The highest BCUT2D eigenvalue weighted by molar-refractivity contribution is 8.00. The maximum atomic E-state index is 14.5. The van der Waals surface area contributed by atoms with Crippen molar-refractivity contribution in [1.82, 2.24) is 14.9 Å². The van der Waals surface area contributed by atoms with Crippen molar-refractivity contribution in [2.45, 2.75) is 43.1 Å². The third-order valence-electron chi connectivity index (χ3n) is 6.72. The first-order chi connectivity index (χ1) is 16.2. The molecule has 3 heterocycles. The molecule has 0 spiro atoms. The zero-order chi connectivity index (χ0) is 24.2. The van der Waals surface area contributed by atoms with E-state index in [4.69, 9.17) is 11.6 Å². The minimum Gasteiger partial charge on any atom is -0.324 e. The summed E-state index contributed by atoms with van der Waals surface area (Å²) >= 11 is 7.59. The lowest BCUT2D eigenvalue weighted by Gasteiger charge is -2.41. The van der Waals surface area contributed by atoms with Crippen molar-refractivity contribution in [3.8, 4) is 0 Å². The van der Waals surface area contributed by atoms with Gasteiger partial charge in [-0.3, -0.25) is 14.6 Å². The zero-order valence-corrected chi connectivity index (χ0v) is 21.0. The van der Waals surface area contributed by atoms with Gasteiger partial charge in [0, 0.05) is 24.0 Å². The van der Waals surface area contributed by atoms with Crippen molar-refractivity contribution in [1.29, 1.82) is 0 Å². The minimum atomic E-state index is -0.544. The number of hydrogen-bond donors (Lipinski definition) is 1. The van der Waals surface area contributed by atoms with Gasteiger partial charge < -0.3 is 5.32 Å². The van der Waals surface area contributed by atoms with Gasteiger partial charge >= 0.3 is 0 Å². The third kappa shape index (κ3) is 3.83. The fraction of sp³-hybridized carbons (Fsp3) is 0.320. The molecule has 176 valence electrons. The SMILES string of the molecule is CC1Sc2nc(Nc3ccc4c(c3)CCN(C)C4(C)C)ncc2C(=O)N1c1c(F)cccc1Cl. The molecule has 0 aliphatic carbocycles. The summed E-state index contributed by atoms with van der Waals surface area (Å²) in [5.41, 5.74) is 3.91. The molecule has 1 atom stereocenters. The van der Waals surface area contributed by atoms with Crippen LogP contribution in [0.5, 0.6) is 0 Å². The van der Waals surface area contributed by atoms with Crippen LogP contribution < -0.4 is 10.2 Å². The molecule has 0 saturated heterocycles. The predicted octanol–water partition coefficient (Wildman–Crippen LogP) is 5.83. The van der Waals surface area contributed by atoms with Crippen LogP contribution in [0.1, 0.15) is 42.3 Å². The van der Waals surface area contributed by atoms with Crippen molar-refractivity contribution < 1.29 is 9.18 Å². The number of amides is 1. The quantitative estimate of drug-likeness (QED) is 0.459. The first-order valence-electron chi connectivity index (χ1n) is 11.1. The van der Waals surface area contributed by atoms with Crippen LogP contribution in [-0.2, 0) is 12.0 Å². The number of nitrogens with zero attached hydrogens (tertiary/aromatic N) is 4. The van der Waals surface area contributed by atoms with Crippen LogP contribution >= 0.6 is 23.4 Å². The van der Waals surface area contributed by atoms with Gasteiger partial charge in [-0.2, -0.15) is 0 Å². The van der Waals surface area contributed by atoms with E-state index in [2.05, 4.69) is 53.2 Å². The van der Waals surface area contributed by atoms with Crippen LogP contribution in [0, 0.1) is 5.82 Å². The average molecular weight is 498 g/mol. The van der Waals surface area contributed by atoms with Crippen molar-refractivity contribution in [2.75, 3.05) is 23.8 Å². The number of benzene rings is 2. The van der Waals surface area contributed by atoms with E-state index in [1.54, 1.807) is 6.07 Å². The van der Waals surface area contributed by atoms with Crippen LogP contribution in [-0.4, -0.2) is 39.7 Å². The average Bonchev–Trinajstić information content (AvgIpc) is 2.78. The van der Waals surface area contributed by atoms with E-state index in [1.807, 2.05) is 13.0 Å². The number of para-hydroxylation sites is 1. The second-order valence-corrected chi connectivity index (χ2v) is 10.8. The highest BCUT2D eigenvalue weighted by Gasteiger charge is 2.36. The molecule has 2 aliphatic heterocycles. The molecule has 6 nitrogen and oxygen atoms in total. The van der Waals surface area contributed by atoms with E-state index in [1.165, 1.54) is 46.1 Å². The number of halogens is 2. The van der Waals surface area contributed by atoms with E-state index in [9.17, 15) is 9.18 Å². The Hall–Kier alpha value is -2.68. The van der Waals surface area contributed by atoms with E-state index >= 15 is 0 Å². The van der Waals surface area contributed by atoms with Crippen LogP contribution in [0.15, 0.2) is 47.6 Å². The number of nitrogens with one attached hydrogen (secondary N) is 1. The van der Waals surface area contributed by atoms with E-state index in [0.717, 1.165) is 18.7 Å². The second kappa shape index (κ2) is 8.52. The lowest BCUT2D eigenvalue weighted by Crippen LogP contribution is -2.43. The first kappa shape index (κ1) is 23.1. The lowest BCUT2D eigenvalue weighted by molar-refractivity contribution is 0.0978. The number of thioether (sulfide) groups is 1. The van der Waals surface area contributed by atoms with Crippen molar-refractivity contribution in [3.05, 3.63) is 70.1 Å². The Morgan fingerprint density at radius 2 is 2.06 bits per heavy atom. The number of rotatable bonds is 3. The van der Waals surface area contributed by atoms with Crippen molar-refractivity contribution in [2.24, 2.45) is 0 Å². The topological polar surface area (TPSA) is 61.4 Å². The van der Waals surface area contributed by atoms with Crippen molar-refractivity contribution >= 4 is 46.6 Å². The molecule has 1 N–H and O–H groups in total.